The van der Waals surface area contributed by atoms with Crippen LogP contribution in [0.5, 0.6) is 0 Å². The third-order valence-corrected chi connectivity index (χ3v) is 1.82. The van der Waals surface area contributed by atoms with E-state index in [9.17, 15) is 4.39 Å². The van der Waals surface area contributed by atoms with Gasteiger partial charge in [-0.1, -0.05) is 0 Å². The van der Waals surface area contributed by atoms with Crippen LogP contribution >= 0.6 is 11.6 Å². The van der Waals surface area contributed by atoms with E-state index < -0.39 is 0 Å². The number of benzene rings is 1. The second-order valence-corrected chi connectivity index (χ2v) is 2.93. The molecule has 0 fully saturated rings. The van der Waals surface area contributed by atoms with E-state index in [1.54, 1.807) is 12.1 Å². The second-order valence-electron chi connectivity index (χ2n) is 1.74. The van der Waals surface area contributed by atoms with Crippen molar-refractivity contribution in [1.29, 1.82) is 0 Å². The zero-order chi connectivity index (χ0) is 6.85. The average Bonchev–Trinajstić information content (AvgIpc) is 1.80. The van der Waals surface area contributed by atoms with Crippen LogP contribution in [0.4, 0.5) is 4.39 Å². The third kappa shape index (κ3) is 2.90. The SMILES string of the molecule is Fc1cc(Cl)cc[c]1[Mg+].[I-]. The van der Waals surface area contributed by atoms with E-state index in [1.807, 2.05) is 0 Å². The van der Waals surface area contributed by atoms with Gasteiger partial charge in [-0.2, -0.15) is 0 Å². The summed E-state index contributed by atoms with van der Waals surface area (Å²) >= 11 is 6.99. The second kappa shape index (κ2) is 4.74. The summed E-state index contributed by atoms with van der Waals surface area (Å²) in [5.74, 6) is -0.235. The van der Waals surface area contributed by atoms with Crippen LogP contribution in [0.1, 0.15) is 0 Å². The standard InChI is InChI=1S/C6H3ClF.HI.Mg/c7-5-2-1-3-6(8)4-5;;/h1-2,4H;1H;/q;;+1/p-1. The van der Waals surface area contributed by atoms with E-state index in [0.29, 0.717) is 8.72 Å². The van der Waals surface area contributed by atoms with Crippen LogP contribution in [0.15, 0.2) is 18.2 Å². The summed E-state index contributed by atoms with van der Waals surface area (Å²) in [5, 5.41) is 0.447. The molecule has 1 aromatic rings. The molecule has 10 heavy (non-hydrogen) atoms. The van der Waals surface area contributed by atoms with E-state index >= 15 is 0 Å². The van der Waals surface area contributed by atoms with Gasteiger partial charge in [0, 0.05) is 0 Å². The molecule has 1 aromatic carbocycles. The van der Waals surface area contributed by atoms with Crippen molar-refractivity contribution >= 4 is 37.0 Å². The zero-order valence-electron chi connectivity index (χ0n) is 5.07. The summed E-state index contributed by atoms with van der Waals surface area (Å²) in [5.41, 5.74) is 0. The third-order valence-electron chi connectivity index (χ3n) is 1.02. The fourth-order valence-electron chi connectivity index (χ4n) is 0.522. The molecule has 0 aliphatic rings. The Bertz CT molecular complexity index is 229. The predicted molar refractivity (Wildman–Crippen MR) is 36.8 cm³/mol. The predicted octanol–water partition coefficient (Wildman–Crippen LogP) is -1.72. The topological polar surface area (TPSA) is 0 Å². The van der Waals surface area contributed by atoms with Crippen molar-refractivity contribution < 1.29 is 28.4 Å². The molecule has 50 valence electrons. The van der Waals surface area contributed by atoms with Crippen molar-refractivity contribution in [3.63, 3.8) is 0 Å². The van der Waals surface area contributed by atoms with Crippen LogP contribution in [-0.2, 0) is 0 Å². The first-order valence-corrected chi connectivity index (χ1v) is 3.55. The van der Waals surface area contributed by atoms with E-state index in [1.165, 1.54) is 27.8 Å². The minimum Gasteiger partial charge on any atom is -1.00 e. The molecule has 4 heteroatoms. The molecular formula is C6H3ClFIMg. The molecule has 0 nitrogen and oxygen atoms in total. The van der Waals surface area contributed by atoms with Crippen LogP contribution in [0.25, 0.3) is 0 Å². The smallest absolute Gasteiger partial charge is 1.00 e. The molecule has 0 bridgehead atoms. The van der Waals surface area contributed by atoms with Gasteiger partial charge >= 0.3 is 70.4 Å². The van der Waals surface area contributed by atoms with Gasteiger partial charge in [0.1, 0.15) is 0 Å². The maximum atomic E-state index is 12.5. The molecule has 1 rings (SSSR count). The van der Waals surface area contributed by atoms with Crippen molar-refractivity contribution in [2.24, 2.45) is 0 Å². The fourth-order valence-corrected chi connectivity index (χ4v) is 0.900. The Morgan fingerprint density at radius 1 is 1.40 bits per heavy atom. The van der Waals surface area contributed by atoms with Crippen molar-refractivity contribution in [2.45, 2.75) is 0 Å². The van der Waals surface area contributed by atoms with Gasteiger partial charge in [0.25, 0.3) is 0 Å². The summed E-state index contributed by atoms with van der Waals surface area (Å²) < 4.78 is 13.2. The van der Waals surface area contributed by atoms with Crippen molar-refractivity contribution in [3.05, 3.63) is 29.0 Å². The Hall–Kier alpha value is 0.936. The summed E-state index contributed by atoms with van der Waals surface area (Å²) in [6.45, 7) is 0. The largest absolute Gasteiger partial charge is 1.00 e. The Kier molecular flexibility index (Phi) is 5.19. The maximum Gasteiger partial charge on any atom is -1.00 e. The molecule has 0 aliphatic carbocycles. The molecule has 0 N–H and O–H groups in total. The molecular weight excluding hydrogens is 278 g/mol. The van der Waals surface area contributed by atoms with Gasteiger partial charge in [0.05, 0.1) is 0 Å². The normalized spacial score (nSPS) is 8.80. The number of rotatable bonds is 0. The summed E-state index contributed by atoms with van der Waals surface area (Å²) in [6.07, 6.45) is 0. The van der Waals surface area contributed by atoms with Gasteiger partial charge in [-0.25, -0.2) is 0 Å². The van der Waals surface area contributed by atoms with Crippen LogP contribution < -0.4 is 27.7 Å². The van der Waals surface area contributed by atoms with Gasteiger partial charge in [0.15, 0.2) is 0 Å². The van der Waals surface area contributed by atoms with Crippen molar-refractivity contribution in [2.75, 3.05) is 0 Å². The van der Waals surface area contributed by atoms with Crippen molar-refractivity contribution in [3.8, 4) is 0 Å². The molecule has 0 amide bonds. The quantitative estimate of drug-likeness (QED) is 0.392. The first-order valence-electron chi connectivity index (χ1n) is 2.47. The molecule has 0 unspecified atom stereocenters. The molecule has 0 heterocycles. The van der Waals surface area contributed by atoms with Crippen molar-refractivity contribution in [1.82, 2.24) is 0 Å². The van der Waals surface area contributed by atoms with Crippen LogP contribution in [-0.4, -0.2) is 21.7 Å². The molecule has 0 aliphatic heterocycles. The molecule has 0 saturated carbocycles. The number of hydrogen-bond acceptors (Lipinski definition) is 0. The zero-order valence-corrected chi connectivity index (χ0v) is 9.40. The Morgan fingerprint density at radius 3 is 2.40 bits per heavy atom. The number of halogens is 3. The van der Waals surface area contributed by atoms with Crippen LogP contribution in [0.2, 0.25) is 5.02 Å². The number of hydrogen-bond donors (Lipinski definition) is 0. The molecule has 0 radical (unpaired) electrons. The molecule has 0 aromatic heterocycles. The Balaban J connectivity index is 0.000000810. The first kappa shape index (κ1) is 10.9. The summed E-state index contributed by atoms with van der Waals surface area (Å²) in [7, 11) is 0. The Labute approximate surface area is 93.6 Å². The average molecular weight is 281 g/mol. The molecule has 0 atom stereocenters. The summed E-state index contributed by atoms with van der Waals surface area (Å²) in [4.78, 5) is 0. The van der Waals surface area contributed by atoms with E-state index in [0.717, 1.165) is 0 Å². The van der Waals surface area contributed by atoms with E-state index in [2.05, 4.69) is 0 Å². The van der Waals surface area contributed by atoms with Crippen LogP contribution in [0.3, 0.4) is 0 Å². The van der Waals surface area contributed by atoms with Crippen LogP contribution in [0, 0.1) is 5.82 Å². The fraction of sp³-hybridized carbons (Fsp3) is 0. The van der Waals surface area contributed by atoms with E-state index in [4.69, 9.17) is 11.6 Å². The van der Waals surface area contributed by atoms with Gasteiger partial charge in [0.2, 0.25) is 0 Å². The van der Waals surface area contributed by atoms with Gasteiger partial charge in [-0.15, -0.1) is 0 Å². The van der Waals surface area contributed by atoms with Gasteiger partial charge < -0.3 is 24.0 Å². The van der Waals surface area contributed by atoms with Gasteiger partial charge in [-0.05, 0) is 0 Å². The molecule has 0 saturated heterocycles. The first-order chi connectivity index (χ1) is 4.20. The Morgan fingerprint density at radius 2 is 2.00 bits per heavy atom. The minimum absolute atomic E-state index is 0. The monoisotopic (exact) mass is 280 g/mol. The summed E-state index contributed by atoms with van der Waals surface area (Å²) in [6, 6.07) is 4.65. The van der Waals surface area contributed by atoms with E-state index in [-0.39, 0.29) is 29.8 Å². The maximum absolute atomic E-state index is 12.5. The minimum atomic E-state index is -0.235. The van der Waals surface area contributed by atoms with Gasteiger partial charge in [-0.3, -0.25) is 0 Å². The molecule has 0 spiro atoms.